The maximum atomic E-state index is 6.20. The van der Waals surface area contributed by atoms with Crippen LogP contribution >= 0.6 is 11.6 Å². The number of hydrogen-bond acceptors (Lipinski definition) is 3. The summed E-state index contributed by atoms with van der Waals surface area (Å²) in [6.07, 6.45) is 1.78. The highest BCUT2D eigenvalue weighted by molar-refractivity contribution is 6.35. The Morgan fingerprint density at radius 2 is 2.10 bits per heavy atom. The van der Waals surface area contributed by atoms with E-state index in [4.69, 9.17) is 11.6 Å². The van der Waals surface area contributed by atoms with Crippen LogP contribution in [-0.2, 0) is 6.54 Å². The van der Waals surface area contributed by atoms with Crippen molar-refractivity contribution >= 4 is 28.2 Å². The number of halogens is 1. The number of H-pyrrole nitrogens is 1. The average Bonchev–Trinajstić information content (AvgIpc) is 2.78. The highest BCUT2D eigenvalue weighted by Crippen LogP contribution is 2.28. The van der Waals surface area contributed by atoms with Crippen LogP contribution in [0.3, 0.4) is 0 Å². The van der Waals surface area contributed by atoms with E-state index < -0.39 is 0 Å². The third kappa shape index (κ3) is 2.23. The van der Waals surface area contributed by atoms with Gasteiger partial charge in [-0.05, 0) is 38.1 Å². The minimum Gasteiger partial charge on any atom is -0.379 e. The number of benzene rings is 1. The molecular weight excluding hydrogens is 272 g/mol. The van der Waals surface area contributed by atoms with Crippen molar-refractivity contribution in [2.24, 2.45) is 0 Å². The van der Waals surface area contributed by atoms with Gasteiger partial charge in [0.15, 0.2) is 0 Å². The summed E-state index contributed by atoms with van der Waals surface area (Å²) in [4.78, 5) is 4.42. The first kappa shape index (κ1) is 12.9. The van der Waals surface area contributed by atoms with E-state index in [1.54, 1.807) is 6.20 Å². The highest BCUT2D eigenvalue weighted by Gasteiger charge is 2.08. The van der Waals surface area contributed by atoms with Gasteiger partial charge in [-0.3, -0.25) is 10.1 Å². The highest BCUT2D eigenvalue weighted by atomic mass is 35.5. The molecule has 3 aromatic rings. The van der Waals surface area contributed by atoms with Gasteiger partial charge in [0, 0.05) is 29.4 Å². The largest absolute Gasteiger partial charge is 0.379 e. The molecule has 3 rings (SSSR count). The lowest BCUT2D eigenvalue weighted by Gasteiger charge is -2.10. The number of nitrogens with zero attached hydrogens (tertiary/aromatic N) is 2. The summed E-state index contributed by atoms with van der Waals surface area (Å²) in [5.74, 6) is 0. The van der Waals surface area contributed by atoms with E-state index in [0.29, 0.717) is 11.6 Å². The van der Waals surface area contributed by atoms with Gasteiger partial charge in [0.05, 0.1) is 21.9 Å². The normalized spacial score (nSPS) is 10.9. The topological polar surface area (TPSA) is 53.6 Å². The minimum absolute atomic E-state index is 0.710. The van der Waals surface area contributed by atoms with Crippen LogP contribution in [0.15, 0.2) is 30.5 Å². The van der Waals surface area contributed by atoms with Crippen LogP contribution in [0.2, 0.25) is 5.02 Å². The van der Waals surface area contributed by atoms with E-state index in [2.05, 4.69) is 20.5 Å². The molecule has 0 aliphatic heterocycles. The van der Waals surface area contributed by atoms with Crippen molar-refractivity contribution < 1.29 is 0 Å². The van der Waals surface area contributed by atoms with Gasteiger partial charge >= 0.3 is 0 Å². The zero-order chi connectivity index (χ0) is 14.1. The molecule has 102 valence electrons. The van der Waals surface area contributed by atoms with Crippen LogP contribution in [0.25, 0.3) is 10.9 Å². The molecule has 0 saturated carbocycles. The molecule has 0 bridgehead atoms. The first-order valence-corrected chi connectivity index (χ1v) is 6.82. The summed E-state index contributed by atoms with van der Waals surface area (Å²) >= 11 is 6.20. The van der Waals surface area contributed by atoms with Crippen molar-refractivity contribution in [3.8, 4) is 0 Å². The van der Waals surface area contributed by atoms with Gasteiger partial charge in [0.1, 0.15) is 0 Å². The van der Waals surface area contributed by atoms with E-state index in [9.17, 15) is 0 Å². The second-order valence-electron chi connectivity index (χ2n) is 4.76. The maximum absolute atomic E-state index is 6.20. The molecule has 5 heteroatoms. The molecule has 2 N–H and O–H groups in total. The zero-order valence-corrected chi connectivity index (χ0v) is 12.1. The zero-order valence-electron chi connectivity index (χ0n) is 11.4. The molecule has 20 heavy (non-hydrogen) atoms. The molecule has 0 aliphatic carbocycles. The van der Waals surface area contributed by atoms with Gasteiger partial charge in [-0.15, -0.1) is 0 Å². The van der Waals surface area contributed by atoms with Crippen molar-refractivity contribution in [2.75, 3.05) is 5.32 Å². The lowest BCUT2D eigenvalue weighted by atomic mass is 10.1. The number of fused-ring (bicyclic) bond motifs is 1. The van der Waals surface area contributed by atoms with Crippen LogP contribution in [0, 0.1) is 13.8 Å². The molecule has 0 radical (unpaired) electrons. The van der Waals surface area contributed by atoms with Gasteiger partial charge < -0.3 is 5.32 Å². The molecule has 0 unspecified atom stereocenters. The van der Waals surface area contributed by atoms with Gasteiger partial charge in [0.2, 0.25) is 0 Å². The number of nitrogens with one attached hydrogen (secondary N) is 2. The minimum atomic E-state index is 0.710. The Balaban J connectivity index is 1.94. The maximum Gasteiger partial charge on any atom is 0.0948 e. The molecule has 0 atom stereocenters. The Morgan fingerprint density at radius 1 is 1.25 bits per heavy atom. The summed E-state index contributed by atoms with van der Waals surface area (Å²) in [6.45, 7) is 4.73. The molecule has 0 saturated heterocycles. The molecule has 1 aromatic carbocycles. The van der Waals surface area contributed by atoms with Crippen LogP contribution in [0.4, 0.5) is 5.69 Å². The quantitative estimate of drug-likeness (QED) is 0.769. The van der Waals surface area contributed by atoms with Crippen LogP contribution in [-0.4, -0.2) is 15.2 Å². The standard InChI is InChI=1S/C15H15ClN4/c1-9-12(10(2)20-19-9)8-18-14-6-5-13(16)11-4-3-7-17-15(11)14/h3-7,18H,8H2,1-2H3,(H,19,20). The Hall–Kier alpha value is -2.07. The smallest absolute Gasteiger partial charge is 0.0948 e. The van der Waals surface area contributed by atoms with Crippen molar-refractivity contribution in [1.82, 2.24) is 15.2 Å². The fourth-order valence-electron chi connectivity index (χ4n) is 2.30. The molecule has 0 aliphatic rings. The SMILES string of the molecule is Cc1n[nH]c(C)c1CNc1ccc(Cl)c2cccnc12. The summed E-state index contributed by atoms with van der Waals surface area (Å²) < 4.78 is 0. The molecule has 0 amide bonds. The monoisotopic (exact) mass is 286 g/mol. The van der Waals surface area contributed by atoms with E-state index in [0.717, 1.165) is 28.0 Å². The van der Waals surface area contributed by atoms with E-state index in [-0.39, 0.29) is 0 Å². The Bertz CT molecular complexity index is 744. The number of aromatic nitrogens is 3. The summed E-state index contributed by atoms with van der Waals surface area (Å²) in [7, 11) is 0. The third-order valence-electron chi connectivity index (χ3n) is 3.45. The number of aryl methyl sites for hydroxylation is 2. The van der Waals surface area contributed by atoms with Gasteiger partial charge in [-0.2, -0.15) is 5.10 Å². The molecule has 2 heterocycles. The van der Waals surface area contributed by atoms with E-state index in [1.807, 2.05) is 38.1 Å². The van der Waals surface area contributed by atoms with Gasteiger partial charge in [-0.1, -0.05) is 11.6 Å². The van der Waals surface area contributed by atoms with E-state index >= 15 is 0 Å². The van der Waals surface area contributed by atoms with Crippen LogP contribution in [0.5, 0.6) is 0 Å². The number of anilines is 1. The van der Waals surface area contributed by atoms with Crippen molar-refractivity contribution in [1.29, 1.82) is 0 Å². The number of hydrogen-bond donors (Lipinski definition) is 2. The Labute approximate surface area is 122 Å². The third-order valence-corrected chi connectivity index (χ3v) is 3.78. The number of aromatic amines is 1. The second kappa shape index (κ2) is 5.13. The van der Waals surface area contributed by atoms with E-state index in [1.165, 1.54) is 5.56 Å². The Kier molecular flexibility index (Phi) is 3.32. The molecule has 0 spiro atoms. The lowest BCUT2D eigenvalue weighted by Crippen LogP contribution is -2.02. The number of pyridine rings is 1. The first-order chi connectivity index (χ1) is 9.66. The molecule has 2 aromatic heterocycles. The predicted molar refractivity (Wildman–Crippen MR) is 82.1 cm³/mol. The van der Waals surface area contributed by atoms with Gasteiger partial charge in [0.25, 0.3) is 0 Å². The summed E-state index contributed by atoms with van der Waals surface area (Å²) in [5.41, 5.74) is 5.15. The Morgan fingerprint density at radius 3 is 2.85 bits per heavy atom. The average molecular weight is 287 g/mol. The summed E-state index contributed by atoms with van der Waals surface area (Å²) in [6, 6.07) is 7.72. The molecule has 4 nitrogen and oxygen atoms in total. The van der Waals surface area contributed by atoms with Crippen molar-refractivity contribution in [3.63, 3.8) is 0 Å². The summed E-state index contributed by atoms with van der Waals surface area (Å²) in [5, 5.41) is 12.3. The predicted octanol–water partition coefficient (Wildman–Crippen LogP) is 3.84. The fraction of sp³-hybridized carbons (Fsp3) is 0.200. The first-order valence-electron chi connectivity index (χ1n) is 6.44. The number of rotatable bonds is 3. The lowest BCUT2D eigenvalue weighted by molar-refractivity contribution is 1.02. The van der Waals surface area contributed by atoms with Gasteiger partial charge in [-0.25, -0.2) is 0 Å². The van der Waals surface area contributed by atoms with Crippen molar-refractivity contribution in [2.45, 2.75) is 20.4 Å². The molecular formula is C15H15ClN4. The van der Waals surface area contributed by atoms with Crippen molar-refractivity contribution in [3.05, 3.63) is 52.4 Å². The molecule has 0 fully saturated rings. The fourth-order valence-corrected chi connectivity index (χ4v) is 2.51. The van der Waals surface area contributed by atoms with Crippen LogP contribution < -0.4 is 5.32 Å². The second-order valence-corrected chi connectivity index (χ2v) is 5.17. The van der Waals surface area contributed by atoms with Crippen LogP contribution in [0.1, 0.15) is 17.0 Å².